The molecule has 0 spiro atoms. The topological polar surface area (TPSA) is 72.9 Å². The van der Waals surface area contributed by atoms with Crippen LogP contribution in [0.3, 0.4) is 0 Å². The maximum atomic E-state index is 11.5. The van der Waals surface area contributed by atoms with Crippen molar-refractivity contribution in [3.05, 3.63) is 18.5 Å². The van der Waals surface area contributed by atoms with E-state index in [0.29, 0.717) is 19.5 Å². The fourth-order valence-corrected chi connectivity index (χ4v) is 1.82. The third-order valence-electron chi connectivity index (χ3n) is 3.11. The average molecular weight is 222 g/mol. The second-order valence-corrected chi connectivity index (χ2v) is 4.51. The molecule has 0 aromatic carbocycles. The highest BCUT2D eigenvalue weighted by Crippen LogP contribution is 2.27. The molecule has 1 fully saturated rings. The van der Waals surface area contributed by atoms with Crippen molar-refractivity contribution in [2.45, 2.75) is 37.8 Å². The van der Waals surface area contributed by atoms with Gasteiger partial charge in [0.1, 0.15) is 0 Å². The highest BCUT2D eigenvalue weighted by Gasteiger charge is 2.32. The highest BCUT2D eigenvalue weighted by atomic mass is 16.1. The van der Waals surface area contributed by atoms with E-state index in [4.69, 9.17) is 5.73 Å². The summed E-state index contributed by atoms with van der Waals surface area (Å²) in [6.07, 6.45) is 7.24. The zero-order valence-corrected chi connectivity index (χ0v) is 9.35. The van der Waals surface area contributed by atoms with E-state index >= 15 is 0 Å². The predicted octanol–water partition coefficient (Wildman–Crippen LogP) is 0.271. The number of aromatic nitrogens is 2. The molecule has 0 aliphatic heterocycles. The van der Waals surface area contributed by atoms with E-state index < -0.39 is 0 Å². The van der Waals surface area contributed by atoms with Crippen LogP contribution in [-0.2, 0) is 11.3 Å². The normalized spacial score (nSPS) is 17.8. The summed E-state index contributed by atoms with van der Waals surface area (Å²) in [5, 5.41) is 6.92. The van der Waals surface area contributed by atoms with Crippen molar-refractivity contribution in [3.8, 4) is 0 Å². The second-order valence-electron chi connectivity index (χ2n) is 4.51. The molecule has 5 nitrogen and oxygen atoms in total. The van der Waals surface area contributed by atoms with Gasteiger partial charge in [-0.15, -0.1) is 0 Å². The summed E-state index contributed by atoms with van der Waals surface area (Å²) in [5.41, 5.74) is 5.87. The number of hydrogen-bond acceptors (Lipinski definition) is 3. The molecular formula is C11H18N4O. The van der Waals surface area contributed by atoms with Gasteiger partial charge in [0.25, 0.3) is 0 Å². The lowest BCUT2D eigenvalue weighted by Gasteiger charge is -2.38. The molecule has 2 rings (SSSR count). The average Bonchev–Trinajstić information content (AvgIpc) is 2.73. The van der Waals surface area contributed by atoms with Crippen LogP contribution in [0.5, 0.6) is 0 Å². The van der Waals surface area contributed by atoms with E-state index in [9.17, 15) is 4.79 Å². The van der Waals surface area contributed by atoms with Crippen molar-refractivity contribution in [1.82, 2.24) is 15.1 Å². The summed E-state index contributed by atoms with van der Waals surface area (Å²) in [6.45, 7) is 1.22. The van der Waals surface area contributed by atoms with Gasteiger partial charge in [-0.1, -0.05) is 0 Å². The molecule has 1 aliphatic carbocycles. The molecule has 1 aliphatic rings. The van der Waals surface area contributed by atoms with Gasteiger partial charge in [-0.25, -0.2) is 0 Å². The van der Waals surface area contributed by atoms with E-state index in [1.807, 2.05) is 12.3 Å². The summed E-state index contributed by atoms with van der Waals surface area (Å²) in [5.74, 6) is 0.0484. The third kappa shape index (κ3) is 2.82. The minimum Gasteiger partial charge on any atom is -0.354 e. The van der Waals surface area contributed by atoms with Gasteiger partial charge in [-0.2, -0.15) is 5.10 Å². The highest BCUT2D eigenvalue weighted by molar-refractivity contribution is 5.75. The zero-order valence-electron chi connectivity index (χ0n) is 9.35. The van der Waals surface area contributed by atoms with Gasteiger partial charge in [0, 0.05) is 37.4 Å². The van der Waals surface area contributed by atoms with Crippen LogP contribution in [0.25, 0.3) is 0 Å². The van der Waals surface area contributed by atoms with Gasteiger partial charge < -0.3 is 11.1 Å². The quantitative estimate of drug-likeness (QED) is 0.751. The summed E-state index contributed by atoms with van der Waals surface area (Å²) in [7, 11) is 0. The lowest BCUT2D eigenvalue weighted by Crippen LogP contribution is -2.55. The molecular weight excluding hydrogens is 204 g/mol. The number of carbonyl (C=O) groups is 1. The van der Waals surface area contributed by atoms with Gasteiger partial charge in [-0.3, -0.25) is 9.48 Å². The number of nitrogens with two attached hydrogens (primary N) is 1. The van der Waals surface area contributed by atoms with Crippen molar-refractivity contribution in [2.75, 3.05) is 6.54 Å². The summed E-state index contributed by atoms with van der Waals surface area (Å²) < 4.78 is 1.75. The van der Waals surface area contributed by atoms with E-state index in [1.165, 1.54) is 6.42 Å². The van der Waals surface area contributed by atoms with Crippen LogP contribution in [0.1, 0.15) is 25.7 Å². The molecule has 1 amide bonds. The Morgan fingerprint density at radius 2 is 2.38 bits per heavy atom. The summed E-state index contributed by atoms with van der Waals surface area (Å²) in [6, 6.07) is 1.85. The first-order chi connectivity index (χ1) is 7.68. The van der Waals surface area contributed by atoms with Crippen molar-refractivity contribution in [1.29, 1.82) is 0 Å². The molecule has 0 bridgehead atoms. The van der Waals surface area contributed by atoms with Crippen molar-refractivity contribution in [2.24, 2.45) is 5.73 Å². The van der Waals surface area contributed by atoms with E-state index in [1.54, 1.807) is 10.9 Å². The Bertz CT molecular complexity index is 343. The molecule has 3 N–H and O–H groups in total. The lowest BCUT2D eigenvalue weighted by molar-refractivity contribution is -0.121. The summed E-state index contributed by atoms with van der Waals surface area (Å²) >= 11 is 0. The molecule has 0 radical (unpaired) electrons. The SMILES string of the molecule is NC1(CNC(=O)CCn2cccn2)CCC1. The largest absolute Gasteiger partial charge is 0.354 e. The third-order valence-corrected chi connectivity index (χ3v) is 3.11. The van der Waals surface area contributed by atoms with Gasteiger partial charge in [0.2, 0.25) is 5.91 Å². The molecule has 0 unspecified atom stereocenters. The van der Waals surface area contributed by atoms with Crippen molar-refractivity contribution < 1.29 is 4.79 Å². The van der Waals surface area contributed by atoms with E-state index in [0.717, 1.165) is 12.8 Å². The standard InChI is InChI=1S/C11H18N4O/c12-11(4-1-5-11)9-13-10(16)3-8-15-7-2-6-14-15/h2,6-7H,1,3-5,8-9,12H2,(H,13,16). The number of nitrogens with zero attached hydrogens (tertiary/aromatic N) is 2. The van der Waals surface area contributed by atoms with Crippen molar-refractivity contribution >= 4 is 5.91 Å². The minimum atomic E-state index is -0.138. The smallest absolute Gasteiger partial charge is 0.221 e. The van der Waals surface area contributed by atoms with Crippen LogP contribution in [0.15, 0.2) is 18.5 Å². The maximum absolute atomic E-state index is 11.5. The molecule has 0 atom stereocenters. The first kappa shape index (κ1) is 11.1. The Balaban J connectivity index is 1.65. The lowest BCUT2D eigenvalue weighted by atomic mass is 9.78. The van der Waals surface area contributed by atoms with Crippen LogP contribution in [-0.4, -0.2) is 27.8 Å². The molecule has 1 heterocycles. The monoisotopic (exact) mass is 222 g/mol. The number of hydrogen-bond donors (Lipinski definition) is 2. The van der Waals surface area contributed by atoms with Gasteiger partial charge in [0.15, 0.2) is 0 Å². The Morgan fingerprint density at radius 3 is 2.94 bits per heavy atom. The first-order valence-corrected chi connectivity index (χ1v) is 5.71. The Labute approximate surface area is 95.0 Å². The molecule has 1 aromatic heterocycles. The van der Waals surface area contributed by atoms with Gasteiger partial charge in [-0.05, 0) is 25.3 Å². The second kappa shape index (κ2) is 4.65. The minimum absolute atomic E-state index is 0.0484. The molecule has 88 valence electrons. The van der Waals surface area contributed by atoms with Crippen LogP contribution < -0.4 is 11.1 Å². The van der Waals surface area contributed by atoms with Crippen molar-refractivity contribution in [3.63, 3.8) is 0 Å². The van der Waals surface area contributed by atoms with Crippen LogP contribution in [0.2, 0.25) is 0 Å². The molecule has 1 saturated carbocycles. The van der Waals surface area contributed by atoms with Crippen LogP contribution in [0, 0.1) is 0 Å². The maximum Gasteiger partial charge on any atom is 0.221 e. The van der Waals surface area contributed by atoms with Crippen LogP contribution in [0.4, 0.5) is 0 Å². The van der Waals surface area contributed by atoms with Gasteiger partial charge >= 0.3 is 0 Å². The molecule has 1 aromatic rings. The van der Waals surface area contributed by atoms with E-state index in [2.05, 4.69) is 10.4 Å². The number of aryl methyl sites for hydroxylation is 1. The zero-order chi connectivity index (χ0) is 11.4. The number of rotatable bonds is 5. The van der Waals surface area contributed by atoms with E-state index in [-0.39, 0.29) is 11.4 Å². The number of carbonyl (C=O) groups excluding carboxylic acids is 1. The van der Waals surface area contributed by atoms with Crippen LogP contribution >= 0.6 is 0 Å². The molecule has 16 heavy (non-hydrogen) atoms. The first-order valence-electron chi connectivity index (χ1n) is 5.71. The fraction of sp³-hybridized carbons (Fsp3) is 0.636. The molecule has 0 saturated heterocycles. The Morgan fingerprint density at radius 1 is 1.56 bits per heavy atom. The summed E-state index contributed by atoms with van der Waals surface area (Å²) in [4.78, 5) is 11.5. The number of nitrogens with one attached hydrogen (secondary N) is 1. The van der Waals surface area contributed by atoms with Gasteiger partial charge in [0.05, 0.1) is 0 Å². The number of amides is 1. The Kier molecular flexibility index (Phi) is 3.24. The Hall–Kier alpha value is -1.36. The predicted molar refractivity (Wildman–Crippen MR) is 60.6 cm³/mol. The fourth-order valence-electron chi connectivity index (χ4n) is 1.82. The molecule has 5 heteroatoms.